The Labute approximate surface area is 101 Å². The fourth-order valence-corrected chi connectivity index (χ4v) is 2.56. The Hall–Kier alpha value is 0.01000. The molecule has 0 heterocycles. The number of carbonyl (C=O) groups is 1. The molecule has 0 aliphatic heterocycles. The van der Waals surface area contributed by atoms with E-state index in [0.717, 1.165) is 10.0 Å². The maximum absolute atomic E-state index is 11.1. The van der Waals surface area contributed by atoms with Crippen LogP contribution in [0.5, 0.6) is 0 Å². The number of ketones is 1. The van der Waals surface area contributed by atoms with E-state index in [2.05, 4.69) is 15.9 Å². The van der Waals surface area contributed by atoms with Crippen molar-refractivity contribution >= 4 is 45.1 Å². The molecule has 0 saturated carbocycles. The van der Waals surface area contributed by atoms with E-state index in [9.17, 15) is 4.79 Å². The lowest BCUT2D eigenvalue weighted by Crippen LogP contribution is -2.03. The molecule has 0 fully saturated rings. The SMILES string of the molecule is CSc1ccc(CC(=O)CCl)cc1Br. The van der Waals surface area contributed by atoms with Crippen LogP contribution in [0.4, 0.5) is 0 Å². The number of rotatable bonds is 4. The molecule has 0 aliphatic carbocycles. The fourth-order valence-electron chi connectivity index (χ4n) is 1.09. The molecule has 0 radical (unpaired) electrons. The van der Waals surface area contributed by atoms with E-state index < -0.39 is 0 Å². The second kappa shape index (κ2) is 5.79. The number of Topliss-reactive ketones (excluding diaryl/α,β-unsaturated/α-hetero) is 1. The van der Waals surface area contributed by atoms with Gasteiger partial charge in [-0.25, -0.2) is 0 Å². The van der Waals surface area contributed by atoms with Crippen molar-refractivity contribution in [2.45, 2.75) is 11.3 Å². The van der Waals surface area contributed by atoms with Crippen LogP contribution >= 0.6 is 39.3 Å². The largest absolute Gasteiger partial charge is 0.298 e. The Bertz CT molecular complexity index is 341. The first-order valence-corrected chi connectivity index (χ1v) is 6.62. The zero-order valence-corrected chi connectivity index (χ0v) is 10.9. The van der Waals surface area contributed by atoms with E-state index in [0.29, 0.717) is 6.42 Å². The van der Waals surface area contributed by atoms with Crippen molar-refractivity contribution in [3.8, 4) is 0 Å². The van der Waals surface area contributed by atoms with Crippen LogP contribution in [0.2, 0.25) is 0 Å². The highest BCUT2D eigenvalue weighted by molar-refractivity contribution is 9.10. The lowest BCUT2D eigenvalue weighted by atomic mass is 10.1. The Balaban J connectivity index is 2.81. The minimum Gasteiger partial charge on any atom is -0.298 e. The molecule has 1 aromatic carbocycles. The maximum Gasteiger partial charge on any atom is 0.151 e. The highest BCUT2D eigenvalue weighted by Crippen LogP contribution is 2.26. The van der Waals surface area contributed by atoms with E-state index in [1.807, 2.05) is 24.5 Å². The van der Waals surface area contributed by atoms with Gasteiger partial charge in [0.05, 0.1) is 5.88 Å². The molecule has 0 atom stereocenters. The number of thioether (sulfide) groups is 1. The summed E-state index contributed by atoms with van der Waals surface area (Å²) in [5.74, 6) is 0.137. The molecule has 0 unspecified atom stereocenters. The van der Waals surface area contributed by atoms with Gasteiger partial charge in [-0.1, -0.05) is 6.07 Å². The standard InChI is InChI=1S/C10H10BrClOS/c1-14-10-3-2-7(5-9(10)11)4-8(13)6-12/h2-3,5H,4,6H2,1H3. The van der Waals surface area contributed by atoms with Crippen LogP contribution < -0.4 is 0 Å². The van der Waals surface area contributed by atoms with Crippen molar-refractivity contribution in [1.29, 1.82) is 0 Å². The summed E-state index contributed by atoms with van der Waals surface area (Å²) in [5, 5.41) is 0. The molecule has 0 aromatic heterocycles. The summed E-state index contributed by atoms with van der Waals surface area (Å²) >= 11 is 10.6. The maximum atomic E-state index is 11.1. The quantitative estimate of drug-likeness (QED) is 0.624. The molecule has 0 amide bonds. The average molecular weight is 294 g/mol. The summed E-state index contributed by atoms with van der Waals surface area (Å²) in [5.41, 5.74) is 1.00. The number of alkyl halides is 1. The third kappa shape index (κ3) is 3.30. The van der Waals surface area contributed by atoms with Gasteiger partial charge in [0, 0.05) is 15.8 Å². The van der Waals surface area contributed by atoms with Crippen LogP contribution in [0.3, 0.4) is 0 Å². The first kappa shape index (κ1) is 12.1. The number of hydrogen-bond donors (Lipinski definition) is 0. The Morgan fingerprint density at radius 3 is 2.79 bits per heavy atom. The molecule has 0 bridgehead atoms. The molecule has 76 valence electrons. The molecule has 0 spiro atoms. The van der Waals surface area contributed by atoms with Gasteiger partial charge in [0.2, 0.25) is 0 Å². The topological polar surface area (TPSA) is 17.1 Å². The first-order valence-electron chi connectivity index (χ1n) is 4.07. The highest BCUT2D eigenvalue weighted by atomic mass is 79.9. The minimum absolute atomic E-state index is 0.0514. The lowest BCUT2D eigenvalue weighted by Gasteiger charge is -2.03. The van der Waals surface area contributed by atoms with Gasteiger partial charge in [-0.05, 0) is 39.9 Å². The van der Waals surface area contributed by atoms with Crippen LogP contribution in [0.25, 0.3) is 0 Å². The molecule has 0 aliphatic rings. The average Bonchev–Trinajstić information content (AvgIpc) is 2.18. The highest BCUT2D eigenvalue weighted by Gasteiger charge is 2.04. The molecule has 4 heteroatoms. The zero-order chi connectivity index (χ0) is 10.6. The van der Waals surface area contributed by atoms with Crippen molar-refractivity contribution in [1.82, 2.24) is 0 Å². The van der Waals surface area contributed by atoms with Crippen molar-refractivity contribution in [2.75, 3.05) is 12.1 Å². The summed E-state index contributed by atoms with van der Waals surface area (Å²) in [4.78, 5) is 12.3. The Morgan fingerprint density at radius 2 is 2.29 bits per heavy atom. The van der Waals surface area contributed by atoms with E-state index >= 15 is 0 Å². The third-order valence-electron chi connectivity index (χ3n) is 1.77. The van der Waals surface area contributed by atoms with Crippen molar-refractivity contribution in [3.63, 3.8) is 0 Å². The van der Waals surface area contributed by atoms with E-state index in [1.54, 1.807) is 11.8 Å². The van der Waals surface area contributed by atoms with Crippen LogP contribution in [0.15, 0.2) is 27.6 Å². The second-order valence-corrected chi connectivity index (χ2v) is 4.79. The van der Waals surface area contributed by atoms with Crippen LogP contribution in [0.1, 0.15) is 5.56 Å². The number of benzene rings is 1. The number of hydrogen-bond acceptors (Lipinski definition) is 2. The van der Waals surface area contributed by atoms with Crippen molar-refractivity contribution < 1.29 is 4.79 Å². The van der Waals surface area contributed by atoms with Gasteiger partial charge in [0.25, 0.3) is 0 Å². The molecule has 1 rings (SSSR count). The Kier molecular flexibility index (Phi) is 4.99. The summed E-state index contributed by atoms with van der Waals surface area (Å²) < 4.78 is 1.03. The predicted molar refractivity (Wildman–Crippen MR) is 65.4 cm³/mol. The third-order valence-corrected chi connectivity index (χ3v) is 3.78. The Morgan fingerprint density at radius 1 is 1.57 bits per heavy atom. The summed E-state index contributed by atoms with van der Waals surface area (Å²) in [6.45, 7) is 0. The molecule has 14 heavy (non-hydrogen) atoms. The van der Waals surface area contributed by atoms with Crippen LogP contribution in [-0.4, -0.2) is 17.9 Å². The van der Waals surface area contributed by atoms with Crippen LogP contribution in [-0.2, 0) is 11.2 Å². The zero-order valence-electron chi connectivity index (χ0n) is 7.72. The van der Waals surface area contributed by atoms with E-state index in [1.165, 1.54) is 4.90 Å². The molecular formula is C10H10BrClOS. The summed E-state index contributed by atoms with van der Waals surface area (Å²) in [7, 11) is 0. The van der Waals surface area contributed by atoms with E-state index in [4.69, 9.17) is 11.6 Å². The normalized spacial score (nSPS) is 10.2. The molecule has 0 N–H and O–H groups in total. The number of halogens is 2. The molecular weight excluding hydrogens is 284 g/mol. The van der Waals surface area contributed by atoms with Gasteiger partial charge >= 0.3 is 0 Å². The van der Waals surface area contributed by atoms with Gasteiger partial charge in [-0.15, -0.1) is 23.4 Å². The van der Waals surface area contributed by atoms with E-state index in [-0.39, 0.29) is 11.7 Å². The molecule has 0 saturated heterocycles. The predicted octanol–water partition coefficient (Wildman–Crippen LogP) is 3.52. The first-order chi connectivity index (χ1) is 6.67. The molecule has 1 aromatic rings. The summed E-state index contributed by atoms with van der Waals surface area (Å²) in [6, 6.07) is 5.93. The van der Waals surface area contributed by atoms with Gasteiger partial charge in [-0.2, -0.15) is 0 Å². The fraction of sp³-hybridized carbons (Fsp3) is 0.300. The van der Waals surface area contributed by atoms with Crippen molar-refractivity contribution in [2.24, 2.45) is 0 Å². The van der Waals surface area contributed by atoms with Gasteiger partial charge in [0.1, 0.15) is 0 Å². The second-order valence-electron chi connectivity index (χ2n) is 2.82. The van der Waals surface area contributed by atoms with Gasteiger partial charge in [-0.3, -0.25) is 4.79 Å². The van der Waals surface area contributed by atoms with Gasteiger partial charge < -0.3 is 0 Å². The summed E-state index contributed by atoms with van der Waals surface area (Å²) in [6.07, 6.45) is 2.43. The lowest BCUT2D eigenvalue weighted by molar-refractivity contribution is -0.116. The minimum atomic E-state index is 0.0514. The monoisotopic (exact) mass is 292 g/mol. The number of carbonyl (C=O) groups excluding carboxylic acids is 1. The van der Waals surface area contributed by atoms with Crippen LogP contribution in [0, 0.1) is 0 Å². The van der Waals surface area contributed by atoms with Gasteiger partial charge in [0.15, 0.2) is 5.78 Å². The van der Waals surface area contributed by atoms with Crippen molar-refractivity contribution in [3.05, 3.63) is 28.2 Å². The smallest absolute Gasteiger partial charge is 0.151 e. The molecule has 1 nitrogen and oxygen atoms in total.